The Balaban J connectivity index is 2.46. The van der Waals surface area contributed by atoms with Gasteiger partial charge in [0.1, 0.15) is 24.4 Å². The molecule has 1 heterocycles. The van der Waals surface area contributed by atoms with E-state index in [0.717, 1.165) is 70.6 Å². The van der Waals surface area contributed by atoms with Gasteiger partial charge in [-0.05, 0) is 51.4 Å². The van der Waals surface area contributed by atoms with E-state index in [1.165, 1.54) is 44.9 Å². The molecule has 1 aliphatic heterocycles. The molecule has 7 atom stereocenters. The van der Waals surface area contributed by atoms with Crippen LogP contribution in [-0.4, -0.2) is 87.5 Å². The highest BCUT2D eigenvalue weighted by Gasteiger charge is 2.44. The number of hydrogen-bond acceptors (Lipinski definition) is 8. The maximum Gasteiger partial charge on any atom is 0.220 e. The molecule has 1 rings (SSSR count). The normalized spacial score (nSPS) is 23.5. The summed E-state index contributed by atoms with van der Waals surface area (Å²) in [5.74, 6) is -0.202. The zero-order valence-electron chi connectivity index (χ0n) is 28.8. The highest BCUT2D eigenvalue weighted by molar-refractivity contribution is 5.76. The van der Waals surface area contributed by atoms with Gasteiger partial charge in [0, 0.05) is 6.42 Å². The minimum Gasteiger partial charge on any atom is -0.394 e. The minimum absolute atomic E-state index is 0.202. The van der Waals surface area contributed by atoms with E-state index in [4.69, 9.17) is 9.47 Å². The number of carbonyl (C=O) groups is 1. The average molecular weight is 654 g/mol. The zero-order chi connectivity index (χ0) is 33.8. The molecular weight excluding hydrogens is 586 g/mol. The standard InChI is InChI=1S/C37H67NO8/c1-3-5-7-9-11-13-14-15-16-17-18-19-21-23-25-27-33(41)38-30(31(40)26-24-22-20-12-10-8-6-4-2)29-45-37-36(44)35(43)34(42)32(28-39)46-37/h10,12,15-16,24,26,30-32,34-37,39-40,42-44H,3-9,11,13-14,17-23,25,27-29H2,1-2H3,(H,38,41)/b12-10+,16-15-,26-24+. The number of carbonyl (C=O) groups excluding carboxylic acids is 1. The molecule has 0 aromatic rings. The van der Waals surface area contributed by atoms with Crippen molar-refractivity contribution in [2.24, 2.45) is 0 Å². The van der Waals surface area contributed by atoms with Gasteiger partial charge in [0.15, 0.2) is 6.29 Å². The molecule has 1 saturated heterocycles. The van der Waals surface area contributed by atoms with E-state index in [0.29, 0.717) is 6.42 Å². The van der Waals surface area contributed by atoms with Gasteiger partial charge in [-0.15, -0.1) is 0 Å². The number of aliphatic hydroxyl groups is 5. The first kappa shape index (κ1) is 42.4. The molecule has 1 fully saturated rings. The van der Waals surface area contributed by atoms with Gasteiger partial charge in [-0.25, -0.2) is 0 Å². The first-order valence-corrected chi connectivity index (χ1v) is 18.2. The Hall–Kier alpha value is -1.59. The summed E-state index contributed by atoms with van der Waals surface area (Å²) in [7, 11) is 0. The van der Waals surface area contributed by atoms with Crippen molar-refractivity contribution in [2.45, 2.75) is 179 Å². The third-order valence-electron chi connectivity index (χ3n) is 8.44. The molecule has 0 aromatic heterocycles. The van der Waals surface area contributed by atoms with Gasteiger partial charge in [-0.1, -0.05) is 115 Å². The lowest BCUT2D eigenvalue weighted by atomic mass is 9.99. The summed E-state index contributed by atoms with van der Waals surface area (Å²) in [6.45, 7) is 3.63. The zero-order valence-corrected chi connectivity index (χ0v) is 28.8. The lowest BCUT2D eigenvalue weighted by Crippen LogP contribution is -2.60. The van der Waals surface area contributed by atoms with Gasteiger partial charge in [0.05, 0.1) is 25.4 Å². The van der Waals surface area contributed by atoms with Gasteiger partial charge >= 0.3 is 0 Å². The fraction of sp³-hybridized carbons (Fsp3) is 0.811. The van der Waals surface area contributed by atoms with Crippen LogP contribution in [0.2, 0.25) is 0 Å². The number of nitrogens with one attached hydrogen (secondary N) is 1. The van der Waals surface area contributed by atoms with Gasteiger partial charge in [-0.2, -0.15) is 0 Å². The summed E-state index contributed by atoms with van der Waals surface area (Å²) < 4.78 is 11.1. The molecule has 0 spiro atoms. The van der Waals surface area contributed by atoms with Crippen molar-refractivity contribution in [3.05, 3.63) is 36.5 Å². The summed E-state index contributed by atoms with van der Waals surface area (Å²) in [4.78, 5) is 12.8. The van der Waals surface area contributed by atoms with Crippen LogP contribution in [0.5, 0.6) is 0 Å². The molecule has 0 bridgehead atoms. The lowest BCUT2D eigenvalue weighted by molar-refractivity contribution is -0.302. The van der Waals surface area contributed by atoms with E-state index in [1.54, 1.807) is 6.08 Å². The smallest absolute Gasteiger partial charge is 0.220 e. The van der Waals surface area contributed by atoms with E-state index < -0.39 is 49.5 Å². The van der Waals surface area contributed by atoms with Crippen LogP contribution in [0.4, 0.5) is 0 Å². The van der Waals surface area contributed by atoms with Crippen molar-refractivity contribution in [1.29, 1.82) is 0 Å². The van der Waals surface area contributed by atoms with Gasteiger partial charge in [0.25, 0.3) is 0 Å². The van der Waals surface area contributed by atoms with E-state index in [2.05, 4.69) is 43.5 Å². The highest BCUT2D eigenvalue weighted by atomic mass is 16.7. The van der Waals surface area contributed by atoms with Crippen LogP contribution < -0.4 is 5.32 Å². The second-order valence-electron chi connectivity index (χ2n) is 12.6. The minimum atomic E-state index is -1.57. The van der Waals surface area contributed by atoms with Crippen molar-refractivity contribution in [3.63, 3.8) is 0 Å². The number of aliphatic hydroxyl groups excluding tert-OH is 5. The molecular formula is C37H67NO8. The van der Waals surface area contributed by atoms with Gasteiger partial charge in [0.2, 0.25) is 5.91 Å². The summed E-state index contributed by atoms with van der Waals surface area (Å²) >= 11 is 0. The SMILES string of the molecule is CCCC/C=C/CC/C=C/C(O)C(COC1OC(CO)C(O)C(O)C1O)NC(=O)CCCCCCC/C=C\CCCCCCCC. The summed E-state index contributed by atoms with van der Waals surface area (Å²) in [5, 5.41) is 53.6. The first-order valence-electron chi connectivity index (χ1n) is 18.2. The predicted octanol–water partition coefficient (Wildman–Crippen LogP) is 5.77. The fourth-order valence-electron chi connectivity index (χ4n) is 5.38. The maximum atomic E-state index is 12.8. The van der Waals surface area contributed by atoms with E-state index in [9.17, 15) is 30.3 Å². The van der Waals surface area contributed by atoms with Crippen molar-refractivity contribution in [2.75, 3.05) is 13.2 Å². The van der Waals surface area contributed by atoms with Crippen LogP contribution in [0.25, 0.3) is 0 Å². The Morgan fingerprint density at radius 1 is 0.717 bits per heavy atom. The highest BCUT2D eigenvalue weighted by Crippen LogP contribution is 2.22. The van der Waals surface area contributed by atoms with E-state index >= 15 is 0 Å². The monoisotopic (exact) mass is 653 g/mol. The van der Waals surface area contributed by atoms with Crippen molar-refractivity contribution in [1.82, 2.24) is 5.32 Å². The Morgan fingerprint density at radius 3 is 1.89 bits per heavy atom. The third kappa shape index (κ3) is 19.9. The van der Waals surface area contributed by atoms with Gasteiger partial charge in [-0.3, -0.25) is 4.79 Å². The number of allylic oxidation sites excluding steroid dienone is 5. The van der Waals surface area contributed by atoms with Crippen LogP contribution in [-0.2, 0) is 14.3 Å². The van der Waals surface area contributed by atoms with Crippen LogP contribution >= 0.6 is 0 Å². The molecule has 46 heavy (non-hydrogen) atoms. The molecule has 6 N–H and O–H groups in total. The molecule has 9 heteroatoms. The van der Waals surface area contributed by atoms with Crippen molar-refractivity contribution < 1.29 is 39.8 Å². The number of amides is 1. The first-order chi connectivity index (χ1) is 22.3. The molecule has 268 valence electrons. The third-order valence-corrected chi connectivity index (χ3v) is 8.44. The quantitative estimate of drug-likeness (QED) is 0.0461. The largest absolute Gasteiger partial charge is 0.394 e. The summed E-state index contributed by atoms with van der Waals surface area (Å²) in [5.41, 5.74) is 0. The second kappa shape index (κ2) is 28.4. The molecule has 7 unspecified atom stereocenters. The summed E-state index contributed by atoms with van der Waals surface area (Å²) in [6, 6.07) is -0.820. The van der Waals surface area contributed by atoms with Crippen LogP contribution in [0.1, 0.15) is 136 Å². The van der Waals surface area contributed by atoms with Gasteiger partial charge < -0.3 is 40.3 Å². The number of rotatable bonds is 28. The van der Waals surface area contributed by atoms with Crippen molar-refractivity contribution >= 4 is 5.91 Å². The molecule has 9 nitrogen and oxygen atoms in total. The number of hydrogen-bond donors (Lipinski definition) is 6. The average Bonchev–Trinajstić information content (AvgIpc) is 3.05. The maximum absolute atomic E-state index is 12.8. The topological polar surface area (TPSA) is 149 Å². The molecule has 0 aliphatic carbocycles. The van der Waals surface area contributed by atoms with Crippen LogP contribution in [0.15, 0.2) is 36.5 Å². The van der Waals surface area contributed by atoms with Crippen LogP contribution in [0.3, 0.4) is 0 Å². The fourth-order valence-corrected chi connectivity index (χ4v) is 5.38. The Morgan fingerprint density at radius 2 is 1.26 bits per heavy atom. The Labute approximate surface area is 279 Å². The summed E-state index contributed by atoms with van der Waals surface area (Å²) in [6.07, 6.45) is 24.9. The molecule has 1 aliphatic rings. The van der Waals surface area contributed by atoms with Crippen molar-refractivity contribution in [3.8, 4) is 0 Å². The molecule has 0 radical (unpaired) electrons. The predicted molar refractivity (Wildman–Crippen MR) is 184 cm³/mol. The number of ether oxygens (including phenoxy) is 2. The molecule has 1 amide bonds. The molecule has 0 aromatic carbocycles. The van der Waals surface area contributed by atoms with Crippen LogP contribution in [0, 0.1) is 0 Å². The van der Waals surface area contributed by atoms with E-state index in [1.807, 2.05) is 6.08 Å². The second-order valence-corrected chi connectivity index (χ2v) is 12.6. The Bertz CT molecular complexity index is 817. The Kier molecular flexibility index (Phi) is 26.2. The molecule has 0 saturated carbocycles. The van der Waals surface area contributed by atoms with E-state index in [-0.39, 0.29) is 12.5 Å². The number of unbranched alkanes of at least 4 members (excludes halogenated alkanes) is 14. The lowest BCUT2D eigenvalue weighted by Gasteiger charge is -2.40.